The van der Waals surface area contributed by atoms with Gasteiger partial charge in [0, 0.05) is 25.5 Å². The van der Waals surface area contributed by atoms with Crippen molar-refractivity contribution in [1.29, 1.82) is 0 Å². The molecule has 2 rings (SSSR count). The van der Waals surface area contributed by atoms with Crippen LogP contribution in [-0.2, 0) is 0 Å². The lowest BCUT2D eigenvalue weighted by Crippen LogP contribution is -2.28. The Balaban J connectivity index is 2.13. The van der Waals surface area contributed by atoms with Crippen molar-refractivity contribution in [2.75, 3.05) is 24.3 Å². The van der Waals surface area contributed by atoms with E-state index in [0.717, 1.165) is 24.9 Å². The van der Waals surface area contributed by atoms with Gasteiger partial charge < -0.3 is 15.3 Å². The first-order valence-corrected chi connectivity index (χ1v) is 6.30. The van der Waals surface area contributed by atoms with Crippen molar-refractivity contribution in [2.45, 2.75) is 38.3 Å². The molecule has 0 aliphatic heterocycles. The number of benzene rings is 1. The fourth-order valence-electron chi connectivity index (χ4n) is 2.50. The number of aryl methyl sites for hydroxylation is 1. The first-order valence-electron chi connectivity index (χ1n) is 6.30. The summed E-state index contributed by atoms with van der Waals surface area (Å²) in [6.45, 7) is 2.11. The smallest absolute Gasteiger partial charge is 0.0741 e. The molecule has 17 heavy (non-hydrogen) atoms. The fraction of sp³-hybridized carbons (Fsp3) is 0.571. The van der Waals surface area contributed by atoms with Gasteiger partial charge in [-0.15, -0.1) is 0 Å². The highest BCUT2D eigenvalue weighted by atomic mass is 16.3. The second kappa shape index (κ2) is 4.96. The first kappa shape index (κ1) is 12.2. The van der Waals surface area contributed by atoms with E-state index < -0.39 is 0 Å². The predicted molar refractivity (Wildman–Crippen MR) is 72.8 cm³/mol. The third-order valence-electron chi connectivity index (χ3n) is 3.52. The molecule has 0 saturated heterocycles. The molecular formula is C14H22N2O. The minimum Gasteiger partial charge on any atom is -0.391 e. The summed E-state index contributed by atoms with van der Waals surface area (Å²) in [4.78, 5) is 2.12. The molecule has 1 aliphatic carbocycles. The highest BCUT2D eigenvalue weighted by molar-refractivity contribution is 5.62. The number of hydrogen-bond acceptors (Lipinski definition) is 3. The van der Waals surface area contributed by atoms with E-state index in [0.29, 0.717) is 0 Å². The van der Waals surface area contributed by atoms with Crippen LogP contribution in [0.4, 0.5) is 11.4 Å². The van der Waals surface area contributed by atoms with Crippen molar-refractivity contribution in [1.82, 2.24) is 0 Å². The number of anilines is 2. The molecule has 2 unspecified atom stereocenters. The van der Waals surface area contributed by atoms with E-state index >= 15 is 0 Å². The second-order valence-electron chi connectivity index (χ2n) is 5.14. The molecule has 0 spiro atoms. The van der Waals surface area contributed by atoms with Gasteiger partial charge in [-0.05, 0) is 43.9 Å². The molecule has 0 amide bonds. The van der Waals surface area contributed by atoms with E-state index in [1.54, 1.807) is 0 Å². The summed E-state index contributed by atoms with van der Waals surface area (Å²) < 4.78 is 0. The minimum atomic E-state index is -0.195. The fourth-order valence-corrected chi connectivity index (χ4v) is 2.50. The maximum absolute atomic E-state index is 9.81. The maximum Gasteiger partial charge on any atom is 0.0741 e. The summed E-state index contributed by atoms with van der Waals surface area (Å²) in [6, 6.07) is 6.58. The van der Waals surface area contributed by atoms with Crippen molar-refractivity contribution in [3.05, 3.63) is 23.8 Å². The van der Waals surface area contributed by atoms with Gasteiger partial charge in [-0.2, -0.15) is 0 Å². The summed E-state index contributed by atoms with van der Waals surface area (Å²) in [5, 5.41) is 13.2. The molecule has 1 aromatic rings. The van der Waals surface area contributed by atoms with E-state index in [4.69, 9.17) is 0 Å². The Morgan fingerprint density at radius 1 is 1.29 bits per heavy atom. The quantitative estimate of drug-likeness (QED) is 0.843. The Morgan fingerprint density at radius 3 is 2.65 bits per heavy atom. The van der Waals surface area contributed by atoms with Gasteiger partial charge in [0.1, 0.15) is 0 Å². The molecule has 2 atom stereocenters. The highest BCUT2D eigenvalue weighted by Gasteiger charge is 2.24. The zero-order chi connectivity index (χ0) is 12.4. The van der Waals surface area contributed by atoms with E-state index in [-0.39, 0.29) is 12.1 Å². The third kappa shape index (κ3) is 2.72. The lowest BCUT2D eigenvalue weighted by molar-refractivity contribution is 0.172. The molecule has 0 radical (unpaired) electrons. The van der Waals surface area contributed by atoms with Crippen molar-refractivity contribution in [3.63, 3.8) is 0 Å². The molecule has 2 N–H and O–H groups in total. The van der Waals surface area contributed by atoms with Gasteiger partial charge >= 0.3 is 0 Å². The van der Waals surface area contributed by atoms with Gasteiger partial charge in [-0.3, -0.25) is 0 Å². The summed E-state index contributed by atoms with van der Waals surface area (Å²) >= 11 is 0. The molecule has 0 heterocycles. The van der Waals surface area contributed by atoms with Crippen molar-refractivity contribution in [2.24, 2.45) is 0 Å². The number of nitrogens with zero attached hydrogens (tertiary/aromatic N) is 1. The van der Waals surface area contributed by atoms with Crippen LogP contribution in [-0.4, -0.2) is 31.3 Å². The van der Waals surface area contributed by atoms with Gasteiger partial charge in [0.15, 0.2) is 0 Å². The maximum atomic E-state index is 9.81. The Morgan fingerprint density at radius 2 is 2.06 bits per heavy atom. The third-order valence-corrected chi connectivity index (χ3v) is 3.52. The van der Waals surface area contributed by atoms with Crippen molar-refractivity contribution < 1.29 is 5.11 Å². The van der Waals surface area contributed by atoms with Gasteiger partial charge in [-0.1, -0.05) is 6.07 Å². The molecule has 0 bridgehead atoms. The molecular weight excluding hydrogens is 212 g/mol. The second-order valence-corrected chi connectivity index (χ2v) is 5.14. The summed E-state index contributed by atoms with van der Waals surface area (Å²) in [5.41, 5.74) is 3.60. The normalized spacial score (nSPS) is 23.8. The Kier molecular flexibility index (Phi) is 3.57. The summed E-state index contributed by atoms with van der Waals surface area (Å²) in [6.07, 6.45) is 2.90. The van der Waals surface area contributed by atoms with Crippen LogP contribution in [0.3, 0.4) is 0 Å². The van der Waals surface area contributed by atoms with E-state index in [9.17, 15) is 5.11 Å². The van der Waals surface area contributed by atoms with Crippen LogP contribution in [0.5, 0.6) is 0 Å². The molecule has 1 aromatic carbocycles. The lowest BCUT2D eigenvalue weighted by atomic mass is 10.1. The average molecular weight is 234 g/mol. The molecule has 3 nitrogen and oxygen atoms in total. The van der Waals surface area contributed by atoms with Gasteiger partial charge in [0.25, 0.3) is 0 Å². The molecule has 1 aliphatic rings. The Hall–Kier alpha value is -1.22. The predicted octanol–water partition coefficient (Wildman–Crippen LogP) is 2.39. The number of aliphatic hydroxyl groups excluding tert-OH is 1. The highest BCUT2D eigenvalue weighted by Crippen LogP contribution is 2.26. The Labute approximate surface area is 103 Å². The minimum absolute atomic E-state index is 0.195. The summed E-state index contributed by atoms with van der Waals surface area (Å²) in [7, 11) is 4.10. The van der Waals surface area contributed by atoms with Crippen LogP contribution in [0.15, 0.2) is 18.2 Å². The van der Waals surface area contributed by atoms with Crippen LogP contribution < -0.4 is 10.2 Å². The number of rotatable bonds is 3. The van der Waals surface area contributed by atoms with Crippen LogP contribution in [0.25, 0.3) is 0 Å². The summed E-state index contributed by atoms with van der Waals surface area (Å²) in [5.74, 6) is 0. The van der Waals surface area contributed by atoms with Crippen LogP contribution in [0, 0.1) is 6.92 Å². The van der Waals surface area contributed by atoms with Crippen molar-refractivity contribution >= 4 is 11.4 Å². The zero-order valence-corrected chi connectivity index (χ0v) is 10.9. The van der Waals surface area contributed by atoms with Crippen LogP contribution in [0.2, 0.25) is 0 Å². The topological polar surface area (TPSA) is 35.5 Å². The molecule has 94 valence electrons. The molecule has 3 heteroatoms. The van der Waals surface area contributed by atoms with E-state index in [2.05, 4.69) is 49.4 Å². The standard InChI is InChI=1S/C14H22N2O/c1-10-7-8-11(9-13(10)16(2)3)15-12-5-4-6-14(12)17/h7-9,12,14-15,17H,4-6H2,1-3H3. The van der Waals surface area contributed by atoms with E-state index in [1.807, 2.05) is 0 Å². The van der Waals surface area contributed by atoms with Gasteiger partial charge in [0.2, 0.25) is 0 Å². The number of hydrogen-bond donors (Lipinski definition) is 2. The van der Waals surface area contributed by atoms with Gasteiger partial charge in [-0.25, -0.2) is 0 Å². The molecule has 1 fully saturated rings. The largest absolute Gasteiger partial charge is 0.391 e. The number of nitrogens with one attached hydrogen (secondary N) is 1. The molecule has 1 saturated carbocycles. The lowest BCUT2D eigenvalue weighted by Gasteiger charge is -2.21. The first-order chi connectivity index (χ1) is 8.08. The van der Waals surface area contributed by atoms with Gasteiger partial charge in [0.05, 0.1) is 12.1 Å². The SMILES string of the molecule is Cc1ccc(NC2CCCC2O)cc1N(C)C. The Bertz CT molecular complexity index is 390. The number of aliphatic hydroxyl groups is 1. The molecule has 0 aromatic heterocycles. The van der Waals surface area contributed by atoms with Crippen LogP contribution in [0.1, 0.15) is 24.8 Å². The van der Waals surface area contributed by atoms with E-state index in [1.165, 1.54) is 11.3 Å². The van der Waals surface area contributed by atoms with Crippen LogP contribution >= 0.6 is 0 Å². The average Bonchev–Trinajstić information content (AvgIpc) is 2.67. The zero-order valence-electron chi connectivity index (χ0n) is 10.9. The van der Waals surface area contributed by atoms with Crippen molar-refractivity contribution in [3.8, 4) is 0 Å². The monoisotopic (exact) mass is 234 g/mol.